The molecule has 0 fully saturated rings. The van der Waals surface area contributed by atoms with E-state index in [0.29, 0.717) is 34.7 Å². The van der Waals surface area contributed by atoms with Crippen LogP contribution in [0.2, 0.25) is 5.02 Å². The van der Waals surface area contributed by atoms with Gasteiger partial charge >= 0.3 is 0 Å². The maximum atomic E-state index is 12.8. The van der Waals surface area contributed by atoms with Crippen LogP contribution in [-0.4, -0.2) is 11.8 Å². The van der Waals surface area contributed by atoms with Gasteiger partial charge < -0.3 is 0 Å². The quantitative estimate of drug-likeness (QED) is 0.643. The Bertz CT molecular complexity index is 875. The number of fused-ring (bicyclic) bond motifs is 1. The molecule has 0 N–H and O–H groups in total. The van der Waals surface area contributed by atoms with Gasteiger partial charge in [0, 0.05) is 21.0 Å². The van der Waals surface area contributed by atoms with Crippen LogP contribution < -0.4 is 4.90 Å². The number of halogens is 2. The van der Waals surface area contributed by atoms with E-state index in [2.05, 4.69) is 15.9 Å². The van der Waals surface area contributed by atoms with Crippen LogP contribution in [0.5, 0.6) is 0 Å². The van der Waals surface area contributed by atoms with Gasteiger partial charge in [0.05, 0.1) is 10.7 Å². The first kappa shape index (κ1) is 14.9. The van der Waals surface area contributed by atoms with Crippen molar-refractivity contribution < 1.29 is 9.59 Å². The lowest BCUT2D eigenvalue weighted by atomic mass is 9.93. The second kappa shape index (κ2) is 5.46. The number of rotatable bonds is 1. The smallest absolute Gasteiger partial charge is 0.261 e. The minimum atomic E-state index is -0.209. The van der Waals surface area contributed by atoms with Crippen LogP contribution in [-0.2, 0) is 9.59 Å². The van der Waals surface area contributed by atoms with Crippen LogP contribution >= 0.6 is 27.5 Å². The van der Waals surface area contributed by atoms with E-state index < -0.39 is 0 Å². The first-order chi connectivity index (χ1) is 11.1. The Labute approximate surface area is 147 Å². The molecule has 0 atom stereocenters. The standard InChI is InChI=1S/C18H13BrClNO2/c19-14-9-15(20)16(11-6-2-1-5-10(11)14)21-17(22)12-7-3-4-8-13(12)18(21)23/h1-2,5-6,9H,3-4,7-8H2. The molecule has 0 bridgehead atoms. The molecule has 0 unspecified atom stereocenters. The van der Waals surface area contributed by atoms with Crippen molar-refractivity contribution >= 4 is 55.8 Å². The molecule has 2 amide bonds. The number of hydrogen-bond donors (Lipinski definition) is 0. The first-order valence-electron chi connectivity index (χ1n) is 7.57. The van der Waals surface area contributed by atoms with Crippen molar-refractivity contribution in [1.29, 1.82) is 0 Å². The molecule has 0 saturated heterocycles. The molecule has 2 aromatic rings. The molecule has 116 valence electrons. The summed E-state index contributed by atoms with van der Waals surface area (Å²) in [5, 5.41) is 2.13. The molecule has 0 spiro atoms. The van der Waals surface area contributed by atoms with Crippen LogP contribution in [0.1, 0.15) is 25.7 Å². The van der Waals surface area contributed by atoms with Gasteiger partial charge in [-0.3, -0.25) is 9.59 Å². The summed E-state index contributed by atoms with van der Waals surface area (Å²) in [6.45, 7) is 0. The largest absolute Gasteiger partial charge is 0.269 e. The Morgan fingerprint density at radius 2 is 1.52 bits per heavy atom. The molecule has 23 heavy (non-hydrogen) atoms. The van der Waals surface area contributed by atoms with E-state index in [-0.39, 0.29) is 11.8 Å². The number of carbonyl (C=O) groups excluding carboxylic acids is 2. The average molecular weight is 391 g/mol. The Hall–Kier alpha value is -1.65. The predicted molar refractivity (Wildman–Crippen MR) is 94.6 cm³/mol. The minimum Gasteiger partial charge on any atom is -0.269 e. The Kier molecular flexibility index (Phi) is 3.54. The highest BCUT2D eigenvalue weighted by Gasteiger charge is 2.41. The normalized spacial score (nSPS) is 18.1. The van der Waals surface area contributed by atoms with Crippen molar-refractivity contribution in [3.05, 3.63) is 51.0 Å². The molecule has 2 aliphatic rings. The molecule has 5 heteroatoms. The lowest BCUT2D eigenvalue weighted by Crippen LogP contribution is -2.32. The Morgan fingerprint density at radius 3 is 2.13 bits per heavy atom. The molecule has 1 aliphatic heterocycles. The molecule has 0 aromatic heterocycles. The second-order valence-corrected chi connectivity index (χ2v) is 7.11. The fourth-order valence-corrected chi connectivity index (χ4v) is 4.46. The van der Waals surface area contributed by atoms with E-state index in [1.165, 1.54) is 4.90 Å². The fourth-order valence-electron chi connectivity index (χ4n) is 3.45. The van der Waals surface area contributed by atoms with Crippen LogP contribution in [0.4, 0.5) is 5.69 Å². The highest BCUT2D eigenvalue weighted by atomic mass is 79.9. The topological polar surface area (TPSA) is 37.4 Å². The fraction of sp³-hybridized carbons (Fsp3) is 0.222. The molecule has 1 heterocycles. The van der Waals surface area contributed by atoms with Gasteiger partial charge in [0.1, 0.15) is 0 Å². The number of amides is 2. The van der Waals surface area contributed by atoms with Gasteiger partial charge in [0.25, 0.3) is 11.8 Å². The molecule has 1 aliphatic carbocycles. The highest BCUT2D eigenvalue weighted by molar-refractivity contribution is 9.10. The van der Waals surface area contributed by atoms with Gasteiger partial charge in [-0.05, 0) is 37.1 Å². The summed E-state index contributed by atoms with van der Waals surface area (Å²) < 4.78 is 0.846. The SMILES string of the molecule is O=C1C2=C(CCCC2)C(=O)N1c1c(Cl)cc(Br)c2ccccc12. The third-order valence-electron chi connectivity index (χ3n) is 4.53. The maximum Gasteiger partial charge on any atom is 0.261 e. The highest BCUT2D eigenvalue weighted by Crippen LogP contribution is 2.43. The summed E-state index contributed by atoms with van der Waals surface area (Å²) in [5.41, 5.74) is 1.84. The van der Waals surface area contributed by atoms with Crippen LogP contribution in [0.25, 0.3) is 10.8 Å². The van der Waals surface area contributed by atoms with E-state index in [9.17, 15) is 9.59 Å². The van der Waals surface area contributed by atoms with Crippen molar-refractivity contribution in [3.8, 4) is 0 Å². The summed E-state index contributed by atoms with van der Waals surface area (Å²) >= 11 is 9.92. The van der Waals surface area contributed by atoms with Gasteiger partial charge in [0.2, 0.25) is 0 Å². The van der Waals surface area contributed by atoms with Crippen LogP contribution in [0.15, 0.2) is 46.0 Å². The van der Waals surface area contributed by atoms with Crippen molar-refractivity contribution in [2.45, 2.75) is 25.7 Å². The first-order valence-corrected chi connectivity index (χ1v) is 8.74. The summed E-state index contributed by atoms with van der Waals surface area (Å²) in [5.74, 6) is -0.418. The molecule has 0 radical (unpaired) electrons. The van der Waals surface area contributed by atoms with E-state index in [0.717, 1.165) is 28.1 Å². The van der Waals surface area contributed by atoms with Crippen molar-refractivity contribution in [2.75, 3.05) is 4.90 Å². The minimum absolute atomic E-state index is 0.209. The van der Waals surface area contributed by atoms with E-state index in [1.54, 1.807) is 6.07 Å². The maximum absolute atomic E-state index is 12.8. The number of imide groups is 1. The van der Waals surface area contributed by atoms with E-state index >= 15 is 0 Å². The lowest BCUT2D eigenvalue weighted by Gasteiger charge is -2.20. The predicted octanol–water partition coefficient (Wildman–Crippen LogP) is 5.00. The van der Waals surface area contributed by atoms with E-state index in [4.69, 9.17) is 11.6 Å². The molecule has 2 aromatic carbocycles. The number of nitrogens with zero attached hydrogens (tertiary/aromatic N) is 1. The molecule has 3 nitrogen and oxygen atoms in total. The molecular weight excluding hydrogens is 378 g/mol. The van der Waals surface area contributed by atoms with Crippen molar-refractivity contribution in [3.63, 3.8) is 0 Å². The lowest BCUT2D eigenvalue weighted by molar-refractivity contribution is -0.120. The van der Waals surface area contributed by atoms with Crippen LogP contribution in [0.3, 0.4) is 0 Å². The monoisotopic (exact) mass is 389 g/mol. The summed E-state index contributed by atoms with van der Waals surface area (Å²) in [6, 6.07) is 9.38. The summed E-state index contributed by atoms with van der Waals surface area (Å²) in [7, 11) is 0. The number of hydrogen-bond acceptors (Lipinski definition) is 2. The zero-order valence-corrected chi connectivity index (χ0v) is 14.6. The van der Waals surface area contributed by atoms with Gasteiger partial charge in [-0.25, -0.2) is 4.90 Å². The summed E-state index contributed by atoms with van der Waals surface area (Å²) in [6.07, 6.45) is 3.28. The van der Waals surface area contributed by atoms with Gasteiger partial charge in [-0.15, -0.1) is 0 Å². The number of carbonyl (C=O) groups is 2. The summed E-state index contributed by atoms with van der Waals surface area (Å²) in [4.78, 5) is 26.9. The second-order valence-electron chi connectivity index (χ2n) is 5.84. The third-order valence-corrected chi connectivity index (χ3v) is 5.48. The van der Waals surface area contributed by atoms with Crippen molar-refractivity contribution in [1.82, 2.24) is 0 Å². The van der Waals surface area contributed by atoms with Gasteiger partial charge in [-0.2, -0.15) is 0 Å². The van der Waals surface area contributed by atoms with Gasteiger partial charge in [-0.1, -0.05) is 51.8 Å². The third kappa shape index (κ3) is 2.16. The number of benzene rings is 2. The van der Waals surface area contributed by atoms with Crippen molar-refractivity contribution in [2.24, 2.45) is 0 Å². The Balaban J connectivity index is 1.94. The van der Waals surface area contributed by atoms with Gasteiger partial charge in [0.15, 0.2) is 0 Å². The Morgan fingerprint density at radius 1 is 0.957 bits per heavy atom. The molecular formula is C18H13BrClNO2. The van der Waals surface area contributed by atoms with E-state index in [1.807, 2.05) is 24.3 Å². The molecule has 0 saturated carbocycles. The number of anilines is 1. The van der Waals surface area contributed by atoms with Crippen LogP contribution in [0, 0.1) is 0 Å². The zero-order chi connectivity index (χ0) is 16.1. The zero-order valence-electron chi connectivity index (χ0n) is 12.2. The molecule has 4 rings (SSSR count). The average Bonchev–Trinajstić information content (AvgIpc) is 2.81.